The van der Waals surface area contributed by atoms with Gasteiger partial charge in [0.1, 0.15) is 6.61 Å². The fourth-order valence-corrected chi connectivity index (χ4v) is 0.687. The van der Waals surface area contributed by atoms with Crippen molar-refractivity contribution >= 4 is 0 Å². The van der Waals surface area contributed by atoms with E-state index in [0.717, 1.165) is 0 Å². The Morgan fingerprint density at radius 3 is 2.14 bits per heavy atom. The van der Waals surface area contributed by atoms with Crippen LogP contribution in [0.3, 0.4) is 0 Å². The van der Waals surface area contributed by atoms with Gasteiger partial charge in [-0.3, -0.25) is 0 Å². The zero-order valence-electron chi connectivity index (χ0n) is 8.98. The molecule has 0 spiro atoms. The Labute approximate surface area is 83.6 Å². The minimum atomic E-state index is -2.93. The van der Waals surface area contributed by atoms with Crippen LogP contribution in [0.1, 0.15) is 20.8 Å². The van der Waals surface area contributed by atoms with E-state index in [1.165, 1.54) is 0 Å². The Hall–Kier alpha value is -0.260. The van der Waals surface area contributed by atoms with E-state index in [1.807, 2.05) is 20.8 Å². The average Bonchev–Trinajstić information content (AvgIpc) is 2.01. The van der Waals surface area contributed by atoms with Crippen molar-refractivity contribution in [2.24, 2.45) is 5.73 Å². The summed E-state index contributed by atoms with van der Waals surface area (Å²) in [6.07, 6.45) is 0. The van der Waals surface area contributed by atoms with Gasteiger partial charge in [0.05, 0.1) is 25.4 Å². The number of halogens is 2. The van der Waals surface area contributed by atoms with Crippen molar-refractivity contribution in [2.75, 3.05) is 26.4 Å². The number of hydrogen-bond acceptors (Lipinski definition) is 3. The Morgan fingerprint density at radius 2 is 1.71 bits per heavy atom. The second kappa shape index (κ2) is 5.58. The van der Waals surface area contributed by atoms with Gasteiger partial charge in [0, 0.05) is 0 Å². The van der Waals surface area contributed by atoms with E-state index < -0.39 is 19.1 Å². The van der Waals surface area contributed by atoms with E-state index in [2.05, 4.69) is 0 Å². The largest absolute Gasteiger partial charge is 0.373 e. The maximum Gasteiger partial charge on any atom is 0.282 e. The number of nitrogens with two attached hydrogens (primary N) is 1. The normalized spacial score (nSPS) is 13.3. The molecule has 14 heavy (non-hydrogen) atoms. The Kier molecular flexibility index (Phi) is 5.48. The van der Waals surface area contributed by atoms with Crippen molar-refractivity contribution in [3.05, 3.63) is 0 Å². The fourth-order valence-electron chi connectivity index (χ4n) is 0.687. The lowest BCUT2D eigenvalue weighted by Gasteiger charge is -2.20. The van der Waals surface area contributed by atoms with E-state index in [-0.39, 0.29) is 12.2 Å². The summed E-state index contributed by atoms with van der Waals surface area (Å²) >= 11 is 0. The van der Waals surface area contributed by atoms with Gasteiger partial charge >= 0.3 is 0 Å². The molecule has 0 aromatic carbocycles. The molecule has 0 aromatic heterocycles. The minimum absolute atomic E-state index is 0.160. The number of ether oxygens (including phenoxy) is 2. The van der Waals surface area contributed by atoms with Gasteiger partial charge in [0.2, 0.25) is 0 Å². The fraction of sp³-hybridized carbons (Fsp3) is 1.00. The van der Waals surface area contributed by atoms with Crippen LogP contribution in [0, 0.1) is 0 Å². The van der Waals surface area contributed by atoms with Crippen molar-refractivity contribution in [1.29, 1.82) is 0 Å². The molecular formula is C9H19F2NO2. The Bertz CT molecular complexity index is 157. The first-order valence-electron chi connectivity index (χ1n) is 4.56. The monoisotopic (exact) mass is 211 g/mol. The SMILES string of the molecule is CC(C)(C)OCCOCC(F)(F)CN. The Balaban J connectivity index is 3.39. The topological polar surface area (TPSA) is 44.5 Å². The molecule has 0 fully saturated rings. The van der Waals surface area contributed by atoms with E-state index in [9.17, 15) is 8.78 Å². The van der Waals surface area contributed by atoms with Crippen LogP contribution in [0.2, 0.25) is 0 Å². The third-order valence-corrected chi connectivity index (χ3v) is 1.37. The van der Waals surface area contributed by atoms with E-state index in [4.69, 9.17) is 15.2 Å². The van der Waals surface area contributed by atoms with Gasteiger partial charge in [-0.1, -0.05) is 0 Å². The summed E-state index contributed by atoms with van der Waals surface area (Å²) in [6.45, 7) is 4.81. The molecule has 0 radical (unpaired) electrons. The molecule has 0 aliphatic carbocycles. The Morgan fingerprint density at radius 1 is 1.14 bits per heavy atom. The summed E-state index contributed by atoms with van der Waals surface area (Å²) in [6, 6.07) is 0. The van der Waals surface area contributed by atoms with Gasteiger partial charge in [-0.2, -0.15) is 0 Å². The molecule has 2 N–H and O–H groups in total. The molecule has 0 unspecified atom stereocenters. The molecular weight excluding hydrogens is 192 g/mol. The molecule has 0 atom stereocenters. The maximum atomic E-state index is 12.5. The first kappa shape index (κ1) is 13.7. The van der Waals surface area contributed by atoms with Crippen LogP contribution in [-0.4, -0.2) is 37.9 Å². The highest BCUT2D eigenvalue weighted by Crippen LogP contribution is 2.11. The number of hydrogen-bond donors (Lipinski definition) is 1. The number of rotatable bonds is 6. The van der Waals surface area contributed by atoms with Crippen LogP contribution in [0.15, 0.2) is 0 Å². The van der Waals surface area contributed by atoms with Crippen molar-refractivity contribution < 1.29 is 18.3 Å². The van der Waals surface area contributed by atoms with Gasteiger partial charge < -0.3 is 15.2 Å². The maximum absolute atomic E-state index is 12.5. The highest BCUT2D eigenvalue weighted by molar-refractivity contribution is 4.65. The second-order valence-corrected chi connectivity index (χ2v) is 4.07. The van der Waals surface area contributed by atoms with Crippen LogP contribution in [0.4, 0.5) is 8.78 Å². The first-order valence-corrected chi connectivity index (χ1v) is 4.56. The third-order valence-electron chi connectivity index (χ3n) is 1.37. The molecule has 0 rings (SSSR count). The van der Waals surface area contributed by atoms with E-state index in [1.54, 1.807) is 0 Å². The molecule has 0 heterocycles. The van der Waals surface area contributed by atoms with Gasteiger partial charge in [-0.15, -0.1) is 0 Å². The quantitative estimate of drug-likeness (QED) is 0.676. The second-order valence-electron chi connectivity index (χ2n) is 4.07. The summed E-state index contributed by atoms with van der Waals surface area (Å²) in [5.41, 5.74) is 4.56. The molecule has 0 saturated heterocycles. The van der Waals surface area contributed by atoms with Crippen LogP contribution >= 0.6 is 0 Å². The highest BCUT2D eigenvalue weighted by Gasteiger charge is 2.26. The van der Waals surface area contributed by atoms with Crippen molar-refractivity contribution in [2.45, 2.75) is 32.3 Å². The molecule has 0 amide bonds. The predicted octanol–water partition coefficient (Wildman–Crippen LogP) is 1.41. The van der Waals surface area contributed by atoms with Crippen LogP contribution in [-0.2, 0) is 9.47 Å². The summed E-state index contributed by atoms with van der Waals surface area (Å²) in [4.78, 5) is 0. The van der Waals surface area contributed by atoms with Crippen LogP contribution in [0.25, 0.3) is 0 Å². The third kappa shape index (κ3) is 8.34. The van der Waals surface area contributed by atoms with Crippen LogP contribution in [0.5, 0.6) is 0 Å². The molecule has 0 aromatic rings. The molecule has 0 aliphatic rings. The lowest BCUT2D eigenvalue weighted by molar-refractivity contribution is -0.0915. The van der Waals surface area contributed by atoms with Crippen molar-refractivity contribution in [3.63, 3.8) is 0 Å². The molecule has 0 saturated carbocycles. The molecule has 0 bridgehead atoms. The smallest absolute Gasteiger partial charge is 0.282 e. The highest BCUT2D eigenvalue weighted by atomic mass is 19.3. The lowest BCUT2D eigenvalue weighted by atomic mass is 10.2. The molecule has 0 aliphatic heterocycles. The van der Waals surface area contributed by atoms with E-state index >= 15 is 0 Å². The molecule has 86 valence electrons. The summed E-state index contributed by atoms with van der Waals surface area (Å²) < 4.78 is 35.1. The summed E-state index contributed by atoms with van der Waals surface area (Å²) in [5.74, 6) is -2.93. The molecule has 5 heteroatoms. The first-order chi connectivity index (χ1) is 6.27. The zero-order chi connectivity index (χ0) is 11.2. The van der Waals surface area contributed by atoms with Gasteiger partial charge in [0.25, 0.3) is 5.92 Å². The zero-order valence-corrected chi connectivity index (χ0v) is 8.98. The predicted molar refractivity (Wildman–Crippen MR) is 50.5 cm³/mol. The number of alkyl halides is 2. The molecule has 3 nitrogen and oxygen atoms in total. The van der Waals surface area contributed by atoms with E-state index in [0.29, 0.717) is 6.61 Å². The lowest BCUT2D eigenvalue weighted by Crippen LogP contribution is -2.33. The summed E-state index contributed by atoms with van der Waals surface area (Å²) in [7, 11) is 0. The minimum Gasteiger partial charge on any atom is -0.373 e. The van der Waals surface area contributed by atoms with Gasteiger partial charge in [-0.05, 0) is 20.8 Å². The van der Waals surface area contributed by atoms with Gasteiger partial charge in [-0.25, -0.2) is 8.78 Å². The standard InChI is InChI=1S/C9H19F2NO2/c1-8(2,3)14-5-4-13-7-9(10,11)6-12/h4-7,12H2,1-3H3. The average molecular weight is 211 g/mol. The van der Waals surface area contributed by atoms with Crippen molar-refractivity contribution in [3.8, 4) is 0 Å². The van der Waals surface area contributed by atoms with Gasteiger partial charge in [0.15, 0.2) is 0 Å². The summed E-state index contributed by atoms with van der Waals surface area (Å²) in [5, 5.41) is 0. The van der Waals surface area contributed by atoms with Crippen molar-refractivity contribution in [1.82, 2.24) is 0 Å². The van der Waals surface area contributed by atoms with Crippen LogP contribution < -0.4 is 5.73 Å².